The molecule has 0 radical (unpaired) electrons. The number of phenols is 1. The molecular formula is C21H23N3O3. The number of amides is 1. The van der Waals surface area contributed by atoms with E-state index in [-0.39, 0.29) is 17.2 Å². The number of anilines is 1. The van der Waals surface area contributed by atoms with Crippen LogP contribution in [0.2, 0.25) is 0 Å². The average molecular weight is 365 g/mol. The minimum absolute atomic E-state index is 0.0879. The third kappa shape index (κ3) is 4.88. The lowest BCUT2D eigenvalue weighted by Crippen LogP contribution is -2.30. The van der Waals surface area contributed by atoms with Gasteiger partial charge in [0.2, 0.25) is 5.55 Å². The smallest absolute Gasteiger partial charge is 0.256 e. The number of para-hydroxylation sites is 1. The Morgan fingerprint density at radius 2 is 1.93 bits per heavy atom. The van der Waals surface area contributed by atoms with Crippen LogP contribution in [0.5, 0.6) is 5.75 Å². The molecule has 0 saturated heterocycles. The highest BCUT2D eigenvalue weighted by Gasteiger charge is 2.12. The van der Waals surface area contributed by atoms with Crippen molar-refractivity contribution in [3.05, 3.63) is 65.7 Å². The predicted octanol–water partition coefficient (Wildman–Crippen LogP) is 3.99. The molecule has 0 atom stereocenters. The van der Waals surface area contributed by atoms with E-state index in [1.54, 1.807) is 18.2 Å². The second-order valence-electron chi connectivity index (χ2n) is 6.24. The van der Waals surface area contributed by atoms with Crippen molar-refractivity contribution in [2.75, 3.05) is 12.0 Å². The summed E-state index contributed by atoms with van der Waals surface area (Å²) in [6, 6.07) is 15.9. The third-order valence-electron chi connectivity index (χ3n) is 4.10. The highest BCUT2D eigenvalue weighted by Crippen LogP contribution is 2.19. The van der Waals surface area contributed by atoms with Crippen LogP contribution >= 0.6 is 0 Å². The van der Waals surface area contributed by atoms with E-state index < -0.39 is 0 Å². The van der Waals surface area contributed by atoms with Gasteiger partial charge in [-0.15, -0.1) is 5.10 Å². The summed E-state index contributed by atoms with van der Waals surface area (Å²) >= 11 is 0. The number of benzene rings is 2. The molecule has 27 heavy (non-hydrogen) atoms. The number of nitrogens with zero attached hydrogens (tertiary/aromatic N) is 1. The summed E-state index contributed by atoms with van der Waals surface area (Å²) in [5.74, 6) is -0.150. The molecule has 1 heterocycles. The van der Waals surface area contributed by atoms with Crippen LogP contribution in [-0.4, -0.2) is 17.6 Å². The molecule has 0 spiro atoms. The first-order valence-corrected chi connectivity index (χ1v) is 9.07. The first kappa shape index (κ1) is 18.5. The van der Waals surface area contributed by atoms with Gasteiger partial charge in [0.15, 0.2) is 0 Å². The van der Waals surface area contributed by atoms with Crippen LogP contribution in [0.25, 0.3) is 11.0 Å². The summed E-state index contributed by atoms with van der Waals surface area (Å²) in [7, 11) is 0. The fourth-order valence-corrected chi connectivity index (χ4v) is 2.65. The number of nitrogens with one attached hydrogen (secondary N) is 2. The molecule has 0 aliphatic heterocycles. The Kier molecular flexibility index (Phi) is 6.10. The van der Waals surface area contributed by atoms with E-state index in [9.17, 15) is 9.90 Å². The molecule has 3 rings (SSSR count). The number of hydrogen-bond acceptors (Lipinski definition) is 5. The molecule has 0 fully saturated rings. The first-order chi connectivity index (χ1) is 13.2. The molecule has 3 aromatic rings. The summed E-state index contributed by atoms with van der Waals surface area (Å²) < 4.78 is 5.79. The summed E-state index contributed by atoms with van der Waals surface area (Å²) in [4.78, 5) is 12.6. The second-order valence-corrected chi connectivity index (χ2v) is 6.24. The summed E-state index contributed by atoms with van der Waals surface area (Å²) in [5, 5.41) is 17.6. The lowest BCUT2D eigenvalue weighted by atomic mass is 10.1. The van der Waals surface area contributed by atoms with Crippen molar-refractivity contribution < 1.29 is 14.3 Å². The first-order valence-electron chi connectivity index (χ1n) is 9.07. The van der Waals surface area contributed by atoms with Gasteiger partial charge < -0.3 is 14.8 Å². The molecule has 1 aromatic heterocycles. The fourth-order valence-electron chi connectivity index (χ4n) is 2.65. The Hall–Kier alpha value is -3.28. The van der Waals surface area contributed by atoms with Crippen molar-refractivity contribution in [1.29, 1.82) is 0 Å². The van der Waals surface area contributed by atoms with Crippen LogP contribution in [0.3, 0.4) is 0 Å². The zero-order valence-electron chi connectivity index (χ0n) is 15.2. The Balaban J connectivity index is 1.96. The molecule has 0 aliphatic rings. The number of unbranched alkanes of at least 4 members (excludes halogenated alkanes) is 2. The molecule has 6 nitrogen and oxygen atoms in total. The van der Waals surface area contributed by atoms with Crippen molar-refractivity contribution in [3.63, 3.8) is 0 Å². The Morgan fingerprint density at radius 1 is 1.11 bits per heavy atom. The number of fused-ring (bicyclic) bond motifs is 1. The van der Waals surface area contributed by atoms with Gasteiger partial charge in [-0.3, -0.25) is 10.2 Å². The zero-order chi connectivity index (χ0) is 19.1. The van der Waals surface area contributed by atoms with Gasteiger partial charge in [-0.1, -0.05) is 38.0 Å². The molecule has 140 valence electrons. The minimum atomic E-state index is -0.238. The van der Waals surface area contributed by atoms with Crippen molar-refractivity contribution in [1.82, 2.24) is 5.32 Å². The monoisotopic (exact) mass is 365 g/mol. The fraction of sp³-hybridized carbons (Fsp3) is 0.238. The van der Waals surface area contributed by atoms with E-state index in [1.807, 2.05) is 30.3 Å². The Bertz CT molecular complexity index is 981. The van der Waals surface area contributed by atoms with Gasteiger partial charge in [0, 0.05) is 18.0 Å². The van der Waals surface area contributed by atoms with Gasteiger partial charge in [0.1, 0.15) is 16.9 Å². The molecule has 3 N–H and O–H groups in total. The number of carbonyl (C=O) groups excluding carboxylic acids is 1. The molecule has 0 saturated carbocycles. The van der Waals surface area contributed by atoms with Gasteiger partial charge in [-0.25, -0.2) is 0 Å². The SMILES string of the molecule is CCCCCNC(=O)c1cc2ccc(O)cc2o/c1=N/Nc1ccccc1. The molecule has 0 unspecified atom stereocenters. The van der Waals surface area contributed by atoms with Crippen LogP contribution in [0.1, 0.15) is 36.5 Å². The summed E-state index contributed by atoms with van der Waals surface area (Å²) in [5.41, 5.74) is 4.62. The topological polar surface area (TPSA) is 86.9 Å². The number of carbonyl (C=O) groups is 1. The Labute approximate surface area is 157 Å². The van der Waals surface area contributed by atoms with Crippen LogP contribution < -0.4 is 16.3 Å². The van der Waals surface area contributed by atoms with Gasteiger partial charge in [-0.05, 0) is 36.8 Å². The van der Waals surface area contributed by atoms with Crippen LogP contribution in [-0.2, 0) is 0 Å². The van der Waals surface area contributed by atoms with Crippen molar-refractivity contribution in [2.24, 2.45) is 5.10 Å². The van der Waals surface area contributed by atoms with E-state index in [0.29, 0.717) is 23.1 Å². The van der Waals surface area contributed by atoms with Crippen molar-refractivity contribution in [2.45, 2.75) is 26.2 Å². The molecular weight excluding hydrogens is 342 g/mol. The van der Waals surface area contributed by atoms with Gasteiger partial charge in [0.05, 0.1) is 5.69 Å². The van der Waals surface area contributed by atoms with Gasteiger partial charge in [-0.2, -0.15) is 0 Å². The lowest BCUT2D eigenvalue weighted by Gasteiger charge is -2.07. The standard InChI is InChI=1S/C21H23N3O3/c1-2-3-7-12-22-20(26)18-13-15-10-11-17(25)14-19(15)27-21(18)24-23-16-8-5-4-6-9-16/h4-6,8-11,13-14,23,25H,2-3,7,12H2,1H3,(H,22,26)/b24-21+. The lowest BCUT2D eigenvalue weighted by molar-refractivity contribution is 0.0949. The van der Waals surface area contributed by atoms with E-state index in [2.05, 4.69) is 22.8 Å². The van der Waals surface area contributed by atoms with E-state index in [4.69, 9.17) is 4.42 Å². The number of aromatic hydroxyl groups is 1. The highest BCUT2D eigenvalue weighted by molar-refractivity contribution is 5.96. The number of hydrogen-bond donors (Lipinski definition) is 3. The maximum atomic E-state index is 12.6. The highest BCUT2D eigenvalue weighted by atomic mass is 16.3. The molecule has 6 heteroatoms. The van der Waals surface area contributed by atoms with E-state index in [0.717, 1.165) is 24.9 Å². The molecule has 0 bridgehead atoms. The quantitative estimate of drug-likeness (QED) is 0.436. The number of rotatable bonds is 7. The average Bonchev–Trinajstić information content (AvgIpc) is 2.69. The minimum Gasteiger partial charge on any atom is -0.508 e. The zero-order valence-corrected chi connectivity index (χ0v) is 15.2. The predicted molar refractivity (Wildman–Crippen MR) is 105 cm³/mol. The number of phenolic OH excluding ortho intramolecular Hbond substituents is 1. The second kappa shape index (κ2) is 8.89. The summed E-state index contributed by atoms with van der Waals surface area (Å²) in [6.07, 6.45) is 3.08. The van der Waals surface area contributed by atoms with Crippen LogP contribution in [0.15, 0.2) is 64.1 Å². The van der Waals surface area contributed by atoms with Crippen LogP contribution in [0, 0.1) is 0 Å². The van der Waals surface area contributed by atoms with Gasteiger partial charge in [0.25, 0.3) is 5.91 Å². The largest absolute Gasteiger partial charge is 0.508 e. The summed E-state index contributed by atoms with van der Waals surface area (Å²) in [6.45, 7) is 2.72. The maximum Gasteiger partial charge on any atom is 0.256 e. The normalized spacial score (nSPS) is 11.5. The molecule has 2 aromatic carbocycles. The van der Waals surface area contributed by atoms with E-state index >= 15 is 0 Å². The van der Waals surface area contributed by atoms with Crippen molar-refractivity contribution >= 4 is 22.6 Å². The van der Waals surface area contributed by atoms with Crippen LogP contribution in [0.4, 0.5) is 5.69 Å². The molecule has 0 aliphatic carbocycles. The van der Waals surface area contributed by atoms with Gasteiger partial charge >= 0.3 is 0 Å². The third-order valence-corrected chi connectivity index (χ3v) is 4.10. The van der Waals surface area contributed by atoms with E-state index in [1.165, 1.54) is 6.07 Å². The Morgan fingerprint density at radius 3 is 2.70 bits per heavy atom. The maximum absolute atomic E-state index is 12.6. The van der Waals surface area contributed by atoms with Crippen molar-refractivity contribution in [3.8, 4) is 5.75 Å². The molecule has 1 amide bonds.